The highest BCUT2D eigenvalue weighted by Crippen LogP contribution is 2.65. The zero-order valence-electron chi connectivity index (χ0n) is 7.95. The number of hydrogen-bond donors (Lipinski definition) is 0. The van der Waals surface area contributed by atoms with E-state index in [2.05, 4.69) is 11.8 Å². The van der Waals surface area contributed by atoms with Crippen LogP contribution in [-0.2, 0) is 0 Å². The van der Waals surface area contributed by atoms with Gasteiger partial charge in [-0.05, 0) is 18.3 Å². The smallest absolute Gasteiger partial charge is 0.257 e. The average molecular weight is 187 g/mol. The van der Waals surface area contributed by atoms with Crippen LogP contribution in [0.3, 0.4) is 0 Å². The van der Waals surface area contributed by atoms with Crippen LogP contribution in [-0.4, -0.2) is 30.5 Å². The number of alkyl halides is 2. The third kappa shape index (κ3) is 1.06. The minimum absolute atomic E-state index is 0.146. The van der Waals surface area contributed by atoms with E-state index in [-0.39, 0.29) is 6.42 Å². The monoisotopic (exact) mass is 187 g/mol. The van der Waals surface area contributed by atoms with Crippen LogP contribution in [0.2, 0.25) is 0 Å². The highest BCUT2D eigenvalue weighted by atomic mass is 19.3. The van der Waals surface area contributed by atoms with Crippen LogP contribution in [0.5, 0.6) is 0 Å². The summed E-state index contributed by atoms with van der Waals surface area (Å²) in [5.41, 5.74) is -0.0932. The number of rotatable bonds is 2. The van der Waals surface area contributed by atoms with Gasteiger partial charge in [-0.15, -0.1) is 0 Å². The minimum atomic E-state index is -2.33. The first-order valence-electron chi connectivity index (χ1n) is 5.05. The molecule has 0 atom stereocenters. The first-order valence-corrected chi connectivity index (χ1v) is 5.05. The molecule has 0 aromatic heterocycles. The Morgan fingerprint density at radius 2 is 1.77 bits per heavy atom. The van der Waals surface area contributed by atoms with Gasteiger partial charge in [0.15, 0.2) is 0 Å². The molecule has 2 saturated carbocycles. The van der Waals surface area contributed by atoms with Gasteiger partial charge in [0, 0.05) is 26.1 Å². The SMILES string of the molecule is CC1(CN2CC3(C2)CC3(F)F)CC1. The van der Waals surface area contributed by atoms with E-state index >= 15 is 0 Å². The van der Waals surface area contributed by atoms with Gasteiger partial charge >= 0.3 is 0 Å². The van der Waals surface area contributed by atoms with E-state index in [1.165, 1.54) is 12.8 Å². The van der Waals surface area contributed by atoms with E-state index in [0.717, 1.165) is 6.54 Å². The fraction of sp³-hybridized carbons (Fsp3) is 1.00. The first-order chi connectivity index (χ1) is 5.95. The van der Waals surface area contributed by atoms with Gasteiger partial charge in [0.2, 0.25) is 0 Å². The molecule has 74 valence electrons. The van der Waals surface area contributed by atoms with Crippen molar-refractivity contribution in [1.82, 2.24) is 4.90 Å². The summed E-state index contributed by atoms with van der Waals surface area (Å²) in [6, 6.07) is 0. The Morgan fingerprint density at radius 1 is 1.23 bits per heavy atom. The summed E-state index contributed by atoms with van der Waals surface area (Å²) in [7, 11) is 0. The molecule has 1 heterocycles. The molecule has 0 aromatic carbocycles. The summed E-state index contributed by atoms with van der Waals surface area (Å²) >= 11 is 0. The largest absolute Gasteiger partial charge is 0.301 e. The van der Waals surface area contributed by atoms with Crippen molar-refractivity contribution in [3.05, 3.63) is 0 Å². The van der Waals surface area contributed by atoms with Gasteiger partial charge in [0.05, 0.1) is 5.41 Å². The van der Waals surface area contributed by atoms with Crippen molar-refractivity contribution in [2.24, 2.45) is 10.8 Å². The maximum atomic E-state index is 12.8. The van der Waals surface area contributed by atoms with Gasteiger partial charge < -0.3 is 4.90 Å². The number of nitrogens with zero attached hydrogens (tertiary/aromatic N) is 1. The molecule has 13 heavy (non-hydrogen) atoms. The Kier molecular flexibility index (Phi) is 1.21. The number of hydrogen-bond acceptors (Lipinski definition) is 1. The van der Waals surface area contributed by atoms with Crippen molar-refractivity contribution in [3.8, 4) is 0 Å². The topological polar surface area (TPSA) is 3.24 Å². The van der Waals surface area contributed by atoms with Crippen LogP contribution in [0.4, 0.5) is 8.78 Å². The Bertz CT molecular complexity index is 252. The van der Waals surface area contributed by atoms with Gasteiger partial charge in [-0.2, -0.15) is 0 Å². The molecule has 0 unspecified atom stereocenters. The Balaban J connectivity index is 1.53. The summed E-state index contributed by atoms with van der Waals surface area (Å²) in [6.07, 6.45) is 2.72. The van der Waals surface area contributed by atoms with Crippen LogP contribution < -0.4 is 0 Å². The Morgan fingerprint density at radius 3 is 2.15 bits per heavy atom. The molecule has 0 aromatic rings. The summed E-state index contributed by atoms with van der Waals surface area (Å²) in [6.45, 7) is 4.60. The second-order valence-corrected chi connectivity index (χ2v) is 5.62. The summed E-state index contributed by atoms with van der Waals surface area (Å²) < 4.78 is 25.7. The molecule has 1 nitrogen and oxygen atoms in total. The standard InChI is InChI=1S/C10H15F2N/c1-8(2-3-8)5-13-6-9(7-13)4-10(9,11)12/h2-7H2,1H3. The van der Waals surface area contributed by atoms with Gasteiger partial charge in [0.25, 0.3) is 5.92 Å². The maximum absolute atomic E-state index is 12.8. The number of likely N-dealkylation sites (tertiary alicyclic amines) is 1. The van der Waals surface area contributed by atoms with Gasteiger partial charge in [-0.3, -0.25) is 0 Å². The molecule has 3 heteroatoms. The molecule has 0 radical (unpaired) electrons. The van der Waals surface area contributed by atoms with Crippen molar-refractivity contribution >= 4 is 0 Å². The quantitative estimate of drug-likeness (QED) is 0.640. The molecular weight excluding hydrogens is 172 g/mol. The van der Waals surface area contributed by atoms with E-state index in [1.807, 2.05) is 0 Å². The second-order valence-electron chi connectivity index (χ2n) is 5.62. The van der Waals surface area contributed by atoms with E-state index in [4.69, 9.17) is 0 Å². The van der Waals surface area contributed by atoms with Crippen LogP contribution in [0.25, 0.3) is 0 Å². The minimum Gasteiger partial charge on any atom is -0.301 e. The molecule has 3 rings (SSSR count). The predicted molar refractivity (Wildman–Crippen MR) is 45.8 cm³/mol. The van der Waals surface area contributed by atoms with E-state index in [0.29, 0.717) is 18.5 Å². The average Bonchev–Trinajstić information content (AvgIpc) is 2.73. The fourth-order valence-corrected chi connectivity index (χ4v) is 2.56. The van der Waals surface area contributed by atoms with E-state index < -0.39 is 11.3 Å². The van der Waals surface area contributed by atoms with Crippen LogP contribution in [0.15, 0.2) is 0 Å². The van der Waals surface area contributed by atoms with Crippen LogP contribution >= 0.6 is 0 Å². The van der Waals surface area contributed by atoms with Crippen molar-refractivity contribution < 1.29 is 8.78 Å². The summed E-state index contributed by atoms with van der Waals surface area (Å²) in [4.78, 5) is 2.20. The molecule has 0 bridgehead atoms. The van der Waals surface area contributed by atoms with E-state index in [1.54, 1.807) is 0 Å². The molecule has 0 N–H and O–H groups in total. The zero-order valence-corrected chi connectivity index (χ0v) is 7.95. The van der Waals surface area contributed by atoms with Crippen molar-refractivity contribution in [2.45, 2.75) is 32.1 Å². The van der Waals surface area contributed by atoms with E-state index in [9.17, 15) is 8.78 Å². The lowest BCUT2D eigenvalue weighted by molar-refractivity contribution is -0.0310. The van der Waals surface area contributed by atoms with Crippen LogP contribution in [0.1, 0.15) is 26.2 Å². The first kappa shape index (κ1) is 8.16. The van der Waals surface area contributed by atoms with Crippen LogP contribution in [0, 0.1) is 10.8 Å². The molecule has 2 aliphatic carbocycles. The van der Waals surface area contributed by atoms with Gasteiger partial charge in [0.1, 0.15) is 0 Å². The fourth-order valence-electron chi connectivity index (χ4n) is 2.56. The molecule has 1 aliphatic heterocycles. The lowest BCUT2D eigenvalue weighted by Gasteiger charge is -2.41. The lowest BCUT2D eigenvalue weighted by atomic mass is 9.94. The Hall–Kier alpha value is -0.180. The van der Waals surface area contributed by atoms with Gasteiger partial charge in [-0.25, -0.2) is 8.78 Å². The van der Waals surface area contributed by atoms with Crippen molar-refractivity contribution in [1.29, 1.82) is 0 Å². The molecule has 1 saturated heterocycles. The summed E-state index contributed by atoms with van der Waals surface area (Å²) in [5, 5.41) is 0. The number of halogens is 2. The summed E-state index contributed by atoms with van der Waals surface area (Å²) in [5.74, 6) is -2.33. The zero-order chi connectivity index (χ0) is 9.32. The molecule has 0 amide bonds. The Labute approximate surface area is 77.1 Å². The molecule has 3 aliphatic rings. The third-order valence-electron chi connectivity index (χ3n) is 3.97. The third-order valence-corrected chi connectivity index (χ3v) is 3.97. The maximum Gasteiger partial charge on any atom is 0.257 e. The van der Waals surface area contributed by atoms with Gasteiger partial charge in [-0.1, -0.05) is 6.92 Å². The molecular formula is C10H15F2N. The second kappa shape index (κ2) is 1.92. The molecule has 3 fully saturated rings. The van der Waals surface area contributed by atoms with Crippen molar-refractivity contribution in [2.75, 3.05) is 19.6 Å². The predicted octanol–water partition coefficient (Wildman–Crippen LogP) is 2.13. The highest BCUT2D eigenvalue weighted by Gasteiger charge is 2.75. The van der Waals surface area contributed by atoms with Crippen molar-refractivity contribution in [3.63, 3.8) is 0 Å². The lowest BCUT2D eigenvalue weighted by Crippen LogP contribution is -2.52. The normalized spacial score (nSPS) is 37.2. The highest BCUT2D eigenvalue weighted by molar-refractivity contribution is 5.19. The molecule has 1 spiro atoms.